The highest BCUT2D eigenvalue weighted by Crippen LogP contribution is 2.25. The van der Waals surface area contributed by atoms with Gasteiger partial charge in [0.2, 0.25) is 5.91 Å². The molecular formula is C14H14Cl2N2O2. The van der Waals surface area contributed by atoms with E-state index < -0.39 is 0 Å². The summed E-state index contributed by atoms with van der Waals surface area (Å²) in [7, 11) is 0. The van der Waals surface area contributed by atoms with Crippen molar-refractivity contribution < 1.29 is 9.21 Å². The lowest BCUT2D eigenvalue weighted by atomic mass is 10.2. The molecule has 2 rings (SSSR count). The number of nitrogens with one attached hydrogen (secondary N) is 2. The van der Waals surface area contributed by atoms with Crippen molar-refractivity contribution in [2.45, 2.75) is 13.0 Å². The third-order valence-electron chi connectivity index (χ3n) is 2.74. The number of amides is 1. The van der Waals surface area contributed by atoms with Crippen LogP contribution in [0.4, 0.5) is 5.69 Å². The Bertz CT molecular complexity index is 585. The number of furan rings is 1. The van der Waals surface area contributed by atoms with Gasteiger partial charge in [-0.1, -0.05) is 23.2 Å². The summed E-state index contributed by atoms with van der Waals surface area (Å²) in [5.74, 6) is 0.593. The molecular weight excluding hydrogens is 299 g/mol. The summed E-state index contributed by atoms with van der Waals surface area (Å²) in [6, 6.07) is 8.53. The predicted octanol–water partition coefficient (Wildman–Crippen LogP) is 3.88. The number of carbonyl (C=O) groups excluding carboxylic acids is 1. The van der Waals surface area contributed by atoms with Crippen LogP contribution in [-0.4, -0.2) is 12.5 Å². The minimum absolute atomic E-state index is 0.0450. The van der Waals surface area contributed by atoms with E-state index in [1.54, 1.807) is 30.5 Å². The molecule has 4 nitrogen and oxygen atoms in total. The molecule has 0 aliphatic carbocycles. The highest BCUT2D eigenvalue weighted by atomic mass is 35.5. The monoisotopic (exact) mass is 312 g/mol. The molecule has 1 aromatic carbocycles. The molecule has 0 saturated carbocycles. The van der Waals surface area contributed by atoms with Crippen LogP contribution >= 0.6 is 23.2 Å². The van der Waals surface area contributed by atoms with Crippen molar-refractivity contribution in [3.05, 3.63) is 52.4 Å². The van der Waals surface area contributed by atoms with Crippen LogP contribution in [0.3, 0.4) is 0 Å². The van der Waals surface area contributed by atoms with Gasteiger partial charge in [-0.15, -0.1) is 0 Å². The summed E-state index contributed by atoms with van der Waals surface area (Å²) in [4.78, 5) is 11.8. The Morgan fingerprint density at radius 2 is 2.15 bits per heavy atom. The van der Waals surface area contributed by atoms with Gasteiger partial charge in [0, 0.05) is 5.02 Å². The SMILES string of the molecule is C[C@@H](NCC(=O)Nc1ccc(Cl)cc1Cl)c1ccco1. The first kappa shape index (κ1) is 14.9. The van der Waals surface area contributed by atoms with E-state index in [9.17, 15) is 4.79 Å². The molecule has 0 aliphatic heterocycles. The van der Waals surface area contributed by atoms with Gasteiger partial charge >= 0.3 is 0 Å². The van der Waals surface area contributed by atoms with Gasteiger partial charge in [-0.25, -0.2) is 0 Å². The molecule has 1 atom stereocenters. The summed E-state index contributed by atoms with van der Waals surface area (Å²) in [6.45, 7) is 2.07. The fourth-order valence-electron chi connectivity index (χ4n) is 1.67. The zero-order valence-electron chi connectivity index (χ0n) is 10.8. The predicted molar refractivity (Wildman–Crippen MR) is 80.2 cm³/mol. The van der Waals surface area contributed by atoms with E-state index in [1.807, 2.05) is 13.0 Å². The van der Waals surface area contributed by atoms with Crippen molar-refractivity contribution in [3.63, 3.8) is 0 Å². The molecule has 1 heterocycles. The number of hydrogen-bond acceptors (Lipinski definition) is 3. The van der Waals surface area contributed by atoms with Crippen molar-refractivity contribution >= 4 is 34.8 Å². The van der Waals surface area contributed by atoms with E-state index in [-0.39, 0.29) is 18.5 Å². The van der Waals surface area contributed by atoms with Gasteiger partial charge in [0.15, 0.2) is 0 Å². The quantitative estimate of drug-likeness (QED) is 0.881. The lowest BCUT2D eigenvalue weighted by Crippen LogP contribution is -2.30. The number of halogens is 2. The van der Waals surface area contributed by atoms with Gasteiger partial charge in [-0.3, -0.25) is 10.1 Å². The van der Waals surface area contributed by atoms with Crippen LogP contribution in [0, 0.1) is 0 Å². The highest BCUT2D eigenvalue weighted by molar-refractivity contribution is 6.36. The molecule has 6 heteroatoms. The van der Waals surface area contributed by atoms with Gasteiger partial charge < -0.3 is 9.73 Å². The number of hydrogen-bond donors (Lipinski definition) is 2. The summed E-state index contributed by atoms with van der Waals surface area (Å²) >= 11 is 11.8. The Balaban J connectivity index is 1.86. The molecule has 0 bridgehead atoms. The molecule has 1 amide bonds. The zero-order chi connectivity index (χ0) is 14.5. The van der Waals surface area contributed by atoms with Crippen molar-refractivity contribution in [1.29, 1.82) is 0 Å². The van der Waals surface area contributed by atoms with Gasteiger partial charge in [-0.2, -0.15) is 0 Å². The van der Waals surface area contributed by atoms with Crippen LogP contribution in [0.1, 0.15) is 18.7 Å². The molecule has 0 radical (unpaired) electrons. The second-order valence-electron chi connectivity index (χ2n) is 4.29. The van der Waals surface area contributed by atoms with Crippen LogP contribution in [0.15, 0.2) is 41.0 Å². The Morgan fingerprint density at radius 1 is 1.35 bits per heavy atom. The number of benzene rings is 1. The molecule has 0 fully saturated rings. The first-order chi connectivity index (χ1) is 9.56. The largest absolute Gasteiger partial charge is 0.468 e. The molecule has 106 valence electrons. The normalized spacial score (nSPS) is 12.2. The fraction of sp³-hybridized carbons (Fsp3) is 0.214. The Kier molecular flexibility index (Phi) is 5.06. The van der Waals surface area contributed by atoms with Gasteiger partial charge in [-0.05, 0) is 37.3 Å². The minimum atomic E-state index is -0.187. The molecule has 0 aliphatic rings. The smallest absolute Gasteiger partial charge is 0.238 e. The molecule has 0 unspecified atom stereocenters. The van der Waals surface area contributed by atoms with Crippen molar-refractivity contribution in [2.24, 2.45) is 0 Å². The number of carbonyl (C=O) groups is 1. The molecule has 0 saturated heterocycles. The lowest BCUT2D eigenvalue weighted by molar-refractivity contribution is -0.115. The second kappa shape index (κ2) is 6.79. The van der Waals surface area contributed by atoms with Gasteiger partial charge in [0.25, 0.3) is 0 Å². The molecule has 0 spiro atoms. The van der Waals surface area contributed by atoms with Crippen molar-refractivity contribution in [3.8, 4) is 0 Å². The first-order valence-electron chi connectivity index (χ1n) is 6.08. The van der Waals surface area contributed by atoms with Crippen LogP contribution in [0.25, 0.3) is 0 Å². The topological polar surface area (TPSA) is 54.3 Å². The van der Waals surface area contributed by atoms with Crippen LogP contribution in [0.5, 0.6) is 0 Å². The molecule has 1 aromatic heterocycles. The van der Waals surface area contributed by atoms with Crippen LogP contribution < -0.4 is 10.6 Å². The third kappa shape index (κ3) is 4.00. The average Bonchev–Trinajstić information content (AvgIpc) is 2.93. The molecule has 2 aromatic rings. The molecule has 2 N–H and O–H groups in total. The van der Waals surface area contributed by atoms with Crippen molar-refractivity contribution in [1.82, 2.24) is 5.32 Å². The number of anilines is 1. The van der Waals surface area contributed by atoms with E-state index in [2.05, 4.69) is 10.6 Å². The fourth-order valence-corrected chi connectivity index (χ4v) is 2.13. The molecule has 20 heavy (non-hydrogen) atoms. The first-order valence-corrected chi connectivity index (χ1v) is 6.83. The third-order valence-corrected chi connectivity index (χ3v) is 3.29. The minimum Gasteiger partial charge on any atom is -0.468 e. The van der Waals surface area contributed by atoms with Crippen LogP contribution in [-0.2, 0) is 4.79 Å². The summed E-state index contributed by atoms with van der Waals surface area (Å²) in [6.07, 6.45) is 1.60. The number of rotatable bonds is 5. The van der Waals surface area contributed by atoms with Gasteiger partial charge in [0.1, 0.15) is 5.76 Å². The summed E-state index contributed by atoms with van der Waals surface area (Å²) < 4.78 is 5.25. The van der Waals surface area contributed by atoms with Gasteiger partial charge in [0.05, 0.1) is 29.6 Å². The maximum absolute atomic E-state index is 11.8. The van der Waals surface area contributed by atoms with Crippen molar-refractivity contribution in [2.75, 3.05) is 11.9 Å². The highest BCUT2D eigenvalue weighted by Gasteiger charge is 2.11. The van der Waals surface area contributed by atoms with Crippen LogP contribution in [0.2, 0.25) is 10.0 Å². The van der Waals surface area contributed by atoms with E-state index in [1.165, 1.54) is 0 Å². The standard InChI is InChI=1S/C14H14Cl2N2O2/c1-9(13-3-2-6-20-13)17-8-14(19)18-12-5-4-10(15)7-11(12)16/h2-7,9,17H,8H2,1H3,(H,18,19)/t9-/m1/s1. The van der Waals surface area contributed by atoms with E-state index in [0.29, 0.717) is 15.7 Å². The summed E-state index contributed by atoms with van der Waals surface area (Å²) in [5, 5.41) is 6.71. The maximum atomic E-state index is 11.8. The lowest BCUT2D eigenvalue weighted by Gasteiger charge is -2.12. The average molecular weight is 313 g/mol. The van der Waals surface area contributed by atoms with E-state index >= 15 is 0 Å². The Labute approximate surface area is 127 Å². The summed E-state index contributed by atoms with van der Waals surface area (Å²) in [5.41, 5.74) is 0.536. The van der Waals surface area contributed by atoms with E-state index in [0.717, 1.165) is 5.76 Å². The Morgan fingerprint density at radius 3 is 2.80 bits per heavy atom. The second-order valence-corrected chi connectivity index (χ2v) is 5.13. The zero-order valence-corrected chi connectivity index (χ0v) is 12.3. The maximum Gasteiger partial charge on any atom is 0.238 e. The van der Waals surface area contributed by atoms with E-state index in [4.69, 9.17) is 27.6 Å². The Hall–Kier alpha value is -1.49.